The van der Waals surface area contributed by atoms with Crippen molar-refractivity contribution in [2.75, 3.05) is 0 Å². The molecule has 1 unspecified atom stereocenters. The van der Waals surface area contributed by atoms with Gasteiger partial charge in [-0.25, -0.2) is 0 Å². The van der Waals surface area contributed by atoms with Crippen molar-refractivity contribution in [2.24, 2.45) is 0 Å². The molecule has 1 atom stereocenters. The van der Waals surface area contributed by atoms with E-state index in [0.717, 1.165) is 22.2 Å². The predicted octanol–water partition coefficient (Wildman–Crippen LogP) is 4.34. The molecular formula is C18H16ClNO. The molecule has 0 saturated carbocycles. The van der Waals surface area contributed by atoms with Crippen molar-refractivity contribution in [2.45, 2.75) is 18.9 Å². The van der Waals surface area contributed by atoms with Crippen molar-refractivity contribution in [3.05, 3.63) is 76.9 Å². The van der Waals surface area contributed by atoms with Gasteiger partial charge in [-0.2, -0.15) is 0 Å². The van der Waals surface area contributed by atoms with Crippen LogP contribution >= 0.6 is 11.6 Å². The van der Waals surface area contributed by atoms with Gasteiger partial charge in [-0.05, 0) is 36.8 Å². The molecule has 0 amide bonds. The molecule has 3 aromatic rings. The van der Waals surface area contributed by atoms with E-state index in [1.807, 2.05) is 48.5 Å². The van der Waals surface area contributed by atoms with Crippen LogP contribution in [0.3, 0.4) is 0 Å². The average Bonchev–Trinajstić information content (AvgIpc) is 2.47. The number of pyridine rings is 1. The first kappa shape index (κ1) is 14.1. The van der Waals surface area contributed by atoms with Gasteiger partial charge in [0.25, 0.3) is 0 Å². The van der Waals surface area contributed by atoms with Gasteiger partial charge in [-0.1, -0.05) is 48.0 Å². The summed E-state index contributed by atoms with van der Waals surface area (Å²) in [7, 11) is 0. The first-order valence-electron chi connectivity index (χ1n) is 6.88. The lowest BCUT2D eigenvalue weighted by molar-refractivity contribution is 0.0567. The molecule has 0 spiro atoms. The number of benzene rings is 2. The normalized spacial score (nSPS) is 14.0. The van der Waals surface area contributed by atoms with E-state index in [0.29, 0.717) is 11.4 Å². The van der Waals surface area contributed by atoms with Crippen molar-refractivity contribution in [3.63, 3.8) is 0 Å². The van der Waals surface area contributed by atoms with Crippen molar-refractivity contribution in [1.82, 2.24) is 4.98 Å². The van der Waals surface area contributed by atoms with E-state index in [4.69, 9.17) is 11.6 Å². The van der Waals surface area contributed by atoms with E-state index in [-0.39, 0.29) is 0 Å². The van der Waals surface area contributed by atoms with E-state index in [2.05, 4.69) is 4.98 Å². The zero-order chi connectivity index (χ0) is 14.9. The molecule has 3 rings (SSSR count). The number of aromatic nitrogens is 1. The van der Waals surface area contributed by atoms with Crippen molar-refractivity contribution < 1.29 is 5.11 Å². The van der Waals surface area contributed by atoms with E-state index in [9.17, 15) is 5.11 Å². The summed E-state index contributed by atoms with van der Waals surface area (Å²) < 4.78 is 0. The zero-order valence-corrected chi connectivity index (χ0v) is 12.5. The molecule has 1 heterocycles. The van der Waals surface area contributed by atoms with Crippen molar-refractivity contribution in [1.29, 1.82) is 0 Å². The summed E-state index contributed by atoms with van der Waals surface area (Å²) in [5, 5.41) is 12.5. The van der Waals surface area contributed by atoms with Gasteiger partial charge in [0.05, 0.1) is 11.1 Å². The number of rotatable bonds is 3. The molecule has 0 radical (unpaired) electrons. The fourth-order valence-corrected chi connectivity index (χ4v) is 2.68. The fourth-order valence-electron chi connectivity index (χ4n) is 2.48. The highest BCUT2D eigenvalue weighted by Gasteiger charge is 2.24. The third-order valence-electron chi connectivity index (χ3n) is 3.63. The Morgan fingerprint density at radius 3 is 2.67 bits per heavy atom. The van der Waals surface area contributed by atoms with Crippen LogP contribution < -0.4 is 0 Å². The molecule has 0 aliphatic heterocycles. The van der Waals surface area contributed by atoms with Crippen LogP contribution in [-0.2, 0) is 12.0 Å². The fraction of sp³-hybridized carbons (Fsp3) is 0.167. The summed E-state index contributed by atoms with van der Waals surface area (Å²) >= 11 is 6.01. The Morgan fingerprint density at radius 1 is 1.05 bits per heavy atom. The quantitative estimate of drug-likeness (QED) is 0.780. The lowest BCUT2D eigenvalue weighted by Crippen LogP contribution is -2.24. The van der Waals surface area contributed by atoms with Crippen LogP contribution in [0.2, 0.25) is 5.02 Å². The largest absolute Gasteiger partial charge is 0.385 e. The van der Waals surface area contributed by atoms with Crippen LogP contribution in [-0.4, -0.2) is 10.1 Å². The van der Waals surface area contributed by atoms with Gasteiger partial charge >= 0.3 is 0 Å². The number of hydrogen-bond donors (Lipinski definition) is 1. The molecule has 1 aromatic heterocycles. The summed E-state index contributed by atoms with van der Waals surface area (Å²) in [6.45, 7) is 1.79. The van der Waals surface area contributed by atoms with Crippen molar-refractivity contribution >= 4 is 22.5 Å². The molecule has 0 fully saturated rings. The molecule has 21 heavy (non-hydrogen) atoms. The number of nitrogens with zero attached hydrogens (tertiary/aromatic N) is 1. The molecule has 2 nitrogen and oxygen atoms in total. The first-order valence-corrected chi connectivity index (χ1v) is 7.25. The Labute approximate surface area is 129 Å². The second-order valence-electron chi connectivity index (χ2n) is 5.46. The highest BCUT2D eigenvalue weighted by Crippen LogP contribution is 2.27. The topological polar surface area (TPSA) is 33.1 Å². The van der Waals surface area contributed by atoms with Gasteiger partial charge in [0.15, 0.2) is 0 Å². The maximum absolute atomic E-state index is 10.7. The van der Waals surface area contributed by atoms with Crippen LogP contribution in [0.1, 0.15) is 18.2 Å². The van der Waals surface area contributed by atoms with E-state index >= 15 is 0 Å². The predicted molar refractivity (Wildman–Crippen MR) is 86.5 cm³/mol. The minimum absolute atomic E-state index is 0.443. The second-order valence-corrected chi connectivity index (χ2v) is 5.89. The summed E-state index contributed by atoms with van der Waals surface area (Å²) in [4.78, 5) is 4.62. The first-order chi connectivity index (χ1) is 10.0. The average molecular weight is 298 g/mol. The highest BCUT2D eigenvalue weighted by molar-refractivity contribution is 6.30. The monoisotopic (exact) mass is 297 g/mol. The molecule has 1 N–H and O–H groups in total. The molecule has 2 aromatic carbocycles. The standard InChI is InChI=1S/C18H16ClNO/c1-18(21,14-6-4-7-15(19)11-14)12-16-10-9-13-5-2-3-8-17(13)20-16/h2-11,21H,12H2,1H3. The molecular weight excluding hydrogens is 282 g/mol. The Bertz CT molecular complexity index is 783. The zero-order valence-electron chi connectivity index (χ0n) is 11.8. The molecule has 0 saturated heterocycles. The lowest BCUT2D eigenvalue weighted by atomic mass is 9.91. The number of fused-ring (bicyclic) bond motifs is 1. The SMILES string of the molecule is CC(O)(Cc1ccc2ccccc2n1)c1cccc(Cl)c1. The molecule has 3 heteroatoms. The van der Waals surface area contributed by atoms with E-state index in [1.54, 1.807) is 19.1 Å². The van der Waals surface area contributed by atoms with Gasteiger partial charge < -0.3 is 5.11 Å². The molecule has 0 aliphatic carbocycles. The molecule has 0 aliphatic rings. The second kappa shape index (κ2) is 5.47. The van der Waals surface area contributed by atoms with Gasteiger partial charge in [-0.15, -0.1) is 0 Å². The smallest absolute Gasteiger partial charge is 0.0924 e. The number of halogens is 1. The van der Waals surface area contributed by atoms with Crippen LogP contribution in [0.4, 0.5) is 0 Å². The molecule has 106 valence electrons. The third-order valence-corrected chi connectivity index (χ3v) is 3.86. The van der Waals surface area contributed by atoms with Crippen molar-refractivity contribution in [3.8, 4) is 0 Å². The van der Waals surface area contributed by atoms with Gasteiger partial charge in [0.1, 0.15) is 0 Å². The molecule has 0 bridgehead atoms. The van der Waals surface area contributed by atoms with Gasteiger partial charge in [0, 0.05) is 22.5 Å². The summed E-state index contributed by atoms with van der Waals surface area (Å²) in [5.41, 5.74) is 1.60. The minimum Gasteiger partial charge on any atom is -0.385 e. The Kier molecular flexibility index (Phi) is 3.66. The van der Waals surface area contributed by atoms with Crippen LogP contribution in [0, 0.1) is 0 Å². The van der Waals surface area contributed by atoms with E-state index in [1.165, 1.54) is 0 Å². The Morgan fingerprint density at radius 2 is 1.86 bits per heavy atom. The number of para-hydroxylation sites is 1. The Balaban J connectivity index is 1.93. The highest BCUT2D eigenvalue weighted by atomic mass is 35.5. The minimum atomic E-state index is -1.000. The van der Waals surface area contributed by atoms with Gasteiger partial charge in [-0.3, -0.25) is 4.98 Å². The number of hydrogen-bond acceptors (Lipinski definition) is 2. The van der Waals surface area contributed by atoms with Crippen LogP contribution in [0.5, 0.6) is 0 Å². The third kappa shape index (κ3) is 3.07. The van der Waals surface area contributed by atoms with Gasteiger partial charge in [0.2, 0.25) is 0 Å². The maximum atomic E-state index is 10.7. The summed E-state index contributed by atoms with van der Waals surface area (Å²) in [6, 6.07) is 19.3. The van der Waals surface area contributed by atoms with Crippen LogP contribution in [0.15, 0.2) is 60.7 Å². The Hall–Kier alpha value is -1.90. The number of aliphatic hydroxyl groups is 1. The van der Waals surface area contributed by atoms with E-state index < -0.39 is 5.60 Å². The summed E-state index contributed by atoms with van der Waals surface area (Å²) in [6.07, 6.45) is 0.443. The maximum Gasteiger partial charge on any atom is 0.0924 e. The summed E-state index contributed by atoms with van der Waals surface area (Å²) in [5.74, 6) is 0. The van der Waals surface area contributed by atoms with Crippen LogP contribution in [0.25, 0.3) is 10.9 Å². The lowest BCUT2D eigenvalue weighted by Gasteiger charge is -2.24.